The van der Waals surface area contributed by atoms with E-state index in [4.69, 9.17) is 4.74 Å². The van der Waals surface area contributed by atoms with Crippen LogP contribution in [-0.4, -0.2) is 37.1 Å². The molecule has 0 unspecified atom stereocenters. The van der Waals surface area contributed by atoms with Crippen molar-refractivity contribution in [3.63, 3.8) is 0 Å². The molecule has 3 nitrogen and oxygen atoms in total. The molecule has 0 fully saturated rings. The molecule has 1 rings (SSSR count). The molecular formula is C14H20N2O. The van der Waals surface area contributed by atoms with E-state index in [1.165, 1.54) is 0 Å². The number of hydrogen-bond acceptors (Lipinski definition) is 3. The zero-order valence-electron chi connectivity index (χ0n) is 10.8. The van der Waals surface area contributed by atoms with Crippen molar-refractivity contribution in [2.24, 2.45) is 0 Å². The lowest BCUT2D eigenvalue weighted by molar-refractivity contribution is 0.185. The standard InChI is InChI=1S/C14H20N2O/c1-12(14-7-5-6-8-15-14)11-13(2)17-10-9-16(3)4/h5-8,11H,1,9-10H2,2-4H3/b13-11+. The first-order valence-corrected chi connectivity index (χ1v) is 5.65. The summed E-state index contributed by atoms with van der Waals surface area (Å²) in [6.45, 7) is 7.50. The van der Waals surface area contributed by atoms with Crippen molar-refractivity contribution in [1.82, 2.24) is 9.88 Å². The molecular weight excluding hydrogens is 212 g/mol. The molecule has 0 N–H and O–H groups in total. The van der Waals surface area contributed by atoms with Crippen molar-refractivity contribution < 1.29 is 4.74 Å². The van der Waals surface area contributed by atoms with Crippen LogP contribution in [0.2, 0.25) is 0 Å². The van der Waals surface area contributed by atoms with Crippen LogP contribution in [0.3, 0.4) is 0 Å². The minimum absolute atomic E-state index is 0.685. The second-order valence-corrected chi connectivity index (χ2v) is 4.15. The summed E-state index contributed by atoms with van der Waals surface area (Å²) in [6.07, 6.45) is 3.68. The minimum Gasteiger partial charge on any atom is -0.497 e. The van der Waals surface area contributed by atoms with Gasteiger partial charge in [0.25, 0.3) is 0 Å². The average molecular weight is 232 g/mol. The number of likely N-dealkylation sites (N-methyl/N-ethyl adjacent to an activating group) is 1. The Morgan fingerprint density at radius 3 is 2.82 bits per heavy atom. The lowest BCUT2D eigenvalue weighted by Gasteiger charge is -2.11. The maximum atomic E-state index is 5.58. The van der Waals surface area contributed by atoms with Crippen LogP contribution in [0, 0.1) is 0 Å². The SMILES string of the molecule is C=C(/C=C(\C)OCCN(C)C)c1ccccn1. The Morgan fingerprint density at radius 2 is 2.24 bits per heavy atom. The van der Waals surface area contributed by atoms with Gasteiger partial charge in [0.15, 0.2) is 0 Å². The molecule has 0 aliphatic carbocycles. The highest BCUT2D eigenvalue weighted by Crippen LogP contribution is 2.12. The largest absolute Gasteiger partial charge is 0.497 e. The van der Waals surface area contributed by atoms with E-state index in [0.717, 1.165) is 23.6 Å². The van der Waals surface area contributed by atoms with Crippen molar-refractivity contribution in [2.75, 3.05) is 27.2 Å². The molecule has 0 atom stereocenters. The fraction of sp³-hybridized carbons (Fsp3) is 0.357. The lowest BCUT2D eigenvalue weighted by atomic mass is 10.2. The molecule has 0 aliphatic rings. The van der Waals surface area contributed by atoms with Gasteiger partial charge in [0.1, 0.15) is 6.61 Å². The van der Waals surface area contributed by atoms with E-state index in [-0.39, 0.29) is 0 Å². The third-order valence-electron chi connectivity index (χ3n) is 2.24. The number of ether oxygens (including phenoxy) is 1. The molecule has 17 heavy (non-hydrogen) atoms. The highest BCUT2D eigenvalue weighted by atomic mass is 16.5. The summed E-state index contributed by atoms with van der Waals surface area (Å²) in [5.74, 6) is 0.863. The summed E-state index contributed by atoms with van der Waals surface area (Å²) in [4.78, 5) is 6.32. The molecule has 0 saturated carbocycles. The summed E-state index contributed by atoms with van der Waals surface area (Å²) in [7, 11) is 4.05. The molecule has 1 aromatic rings. The number of nitrogens with zero attached hydrogens (tertiary/aromatic N) is 2. The number of pyridine rings is 1. The first-order chi connectivity index (χ1) is 8.09. The summed E-state index contributed by atoms with van der Waals surface area (Å²) in [6, 6.07) is 5.77. The number of aromatic nitrogens is 1. The van der Waals surface area contributed by atoms with Crippen molar-refractivity contribution >= 4 is 5.57 Å². The molecule has 92 valence electrons. The lowest BCUT2D eigenvalue weighted by Crippen LogP contribution is -2.17. The van der Waals surface area contributed by atoms with E-state index in [2.05, 4.69) is 16.5 Å². The van der Waals surface area contributed by atoms with Crippen LogP contribution in [0.15, 0.2) is 42.8 Å². The van der Waals surface area contributed by atoms with Crippen LogP contribution < -0.4 is 0 Å². The van der Waals surface area contributed by atoms with E-state index >= 15 is 0 Å². The molecule has 0 aliphatic heterocycles. The van der Waals surface area contributed by atoms with E-state index < -0.39 is 0 Å². The maximum absolute atomic E-state index is 5.58. The Morgan fingerprint density at radius 1 is 1.47 bits per heavy atom. The fourth-order valence-corrected chi connectivity index (χ4v) is 1.30. The van der Waals surface area contributed by atoms with Gasteiger partial charge in [-0.3, -0.25) is 4.98 Å². The van der Waals surface area contributed by atoms with Crippen molar-refractivity contribution in [3.8, 4) is 0 Å². The smallest absolute Gasteiger partial charge is 0.100 e. The van der Waals surface area contributed by atoms with Gasteiger partial charge in [0.2, 0.25) is 0 Å². The normalized spacial score (nSPS) is 11.6. The van der Waals surface area contributed by atoms with Gasteiger partial charge in [0.05, 0.1) is 11.5 Å². The van der Waals surface area contributed by atoms with E-state index in [9.17, 15) is 0 Å². The average Bonchev–Trinajstić information content (AvgIpc) is 2.29. The van der Waals surface area contributed by atoms with Gasteiger partial charge >= 0.3 is 0 Å². The molecule has 0 aromatic carbocycles. The number of hydrogen-bond donors (Lipinski definition) is 0. The predicted molar refractivity (Wildman–Crippen MR) is 71.5 cm³/mol. The van der Waals surface area contributed by atoms with Gasteiger partial charge in [-0.15, -0.1) is 0 Å². The van der Waals surface area contributed by atoms with E-state index in [1.807, 2.05) is 45.3 Å². The van der Waals surface area contributed by atoms with Crippen LogP contribution in [-0.2, 0) is 4.74 Å². The van der Waals surface area contributed by atoms with Crippen LogP contribution in [0.4, 0.5) is 0 Å². The number of allylic oxidation sites excluding steroid dienone is 3. The summed E-state index contributed by atoms with van der Waals surface area (Å²) in [5.41, 5.74) is 1.75. The first kappa shape index (κ1) is 13.5. The zero-order chi connectivity index (χ0) is 12.7. The Labute approximate surface area is 103 Å². The molecule has 1 heterocycles. The van der Waals surface area contributed by atoms with Gasteiger partial charge in [-0.05, 0) is 44.8 Å². The van der Waals surface area contributed by atoms with E-state index in [1.54, 1.807) is 6.20 Å². The third kappa shape index (κ3) is 5.31. The highest BCUT2D eigenvalue weighted by molar-refractivity contribution is 5.69. The quantitative estimate of drug-likeness (QED) is 0.557. The predicted octanol–water partition coefficient (Wildman–Crippen LogP) is 2.58. The molecule has 0 radical (unpaired) electrons. The molecule has 0 spiro atoms. The van der Waals surface area contributed by atoms with Gasteiger partial charge < -0.3 is 9.64 Å². The highest BCUT2D eigenvalue weighted by Gasteiger charge is 1.98. The second-order valence-electron chi connectivity index (χ2n) is 4.15. The molecule has 0 saturated heterocycles. The topological polar surface area (TPSA) is 25.4 Å². The second kappa shape index (κ2) is 6.86. The monoisotopic (exact) mass is 232 g/mol. The van der Waals surface area contributed by atoms with Crippen molar-refractivity contribution in [2.45, 2.75) is 6.92 Å². The summed E-state index contributed by atoms with van der Waals surface area (Å²) >= 11 is 0. The van der Waals surface area contributed by atoms with Gasteiger partial charge in [-0.25, -0.2) is 0 Å². The molecule has 0 amide bonds. The molecule has 3 heteroatoms. The van der Waals surface area contributed by atoms with E-state index in [0.29, 0.717) is 6.61 Å². The van der Waals surface area contributed by atoms with Gasteiger partial charge in [0, 0.05) is 12.7 Å². The Bertz CT molecular complexity index is 382. The summed E-state index contributed by atoms with van der Waals surface area (Å²) in [5, 5.41) is 0. The Hall–Kier alpha value is -1.61. The van der Waals surface area contributed by atoms with Crippen molar-refractivity contribution in [3.05, 3.63) is 48.5 Å². The third-order valence-corrected chi connectivity index (χ3v) is 2.24. The van der Waals surface area contributed by atoms with Crippen molar-refractivity contribution in [1.29, 1.82) is 0 Å². The minimum atomic E-state index is 0.685. The van der Waals surface area contributed by atoms with Gasteiger partial charge in [-0.2, -0.15) is 0 Å². The van der Waals surface area contributed by atoms with Crippen LogP contribution in [0.25, 0.3) is 5.57 Å². The molecule has 0 bridgehead atoms. The van der Waals surface area contributed by atoms with Crippen LogP contribution in [0.1, 0.15) is 12.6 Å². The van der Waals surface area contributed by atoms with Crippen LogP contribution in [0.5, 0.6) is 0 Å². The number of rotatable bonds is 6. The zero-order valence-corrected chi connectivity index (χ0v) is 10.8. The Balaban J connectivity index is 2.48. The molecule has 1 aromatic heterocycles. The van der Waals surface area contributed by atoms with Crippen LogP contribution >= 0.6 is 0 Å². The Kier molecular flexibility index (Phi) is 5.43. The maximum Gasteiger partial charge on any atom is 0.100 e. The summed E-state index contributed by atoms with van der Waals surface area (Å²) < 4.78 is 5.58. The van der Waals surface area contributed by atoms with Gasteiger partial charge in [-0.1, -0.05) is 12.6 Å². The first-order valence-electron chi connectivity index (χ1n) is 5.65. The fourth-order valence-electron chi connectivity index (χ4n) is 1.30.